The highest BCUT2D eigenvalue weighted by Crippen LogP contribution is 2.36. The number of hydrogen-bond acceptors (Lipinski definition) is 5. The Morgan fingerprint density at radius 1 is 1.03 bits per heavy atom. The smallest absolute Gasteiger partial charge is 0.326 e. The summed E-state index contributed by atoms with van der Waals surface area (Å²) in [5, 5.41) is 3.87. The molecule has 0 saturated carbocycles. The number of piperazine rings is 1. The fourth-order valence-electron chi connectivity index (χ4n) is 3.85. The van der Waals surface area contributed by atoms with Crippen molar-refractivity contribution in [1.29, 1.82) is 0 Å². The average Bonchev–Trinajstić information content (AvgIpc) is 2.73. The number of fused-ring (bicyclic) bond motifs is 1. The van der Waals surface area contributed by atoms with Crippen molar-refractivity contribution in [1.82, 2.24) is 14.8 Å². The maximum Gasteiger partial charge on any atom is 0.326 e. The zero-order valence-electron chi connectivity index (χ0n) is 17.6. The molecule has 158 valence electrons. The molecular formula is C22H27N5O2S. The van der Waals surface area contributed by atoms with Crippen molar-refractivity contribution >= 4 is 35.1 Å². The Labute approximate surface area is 181 Å². The summed E-state index contributed by atoms with van der Waals surface area (Å²) in [4.78, 5) is 36.1. The number of pyridine rings is 1. The number of urea groups is 1. The Kier molecular flexibility index (Phi) is 5.97. The van der Waals surface area contributed by atoms with E-state index in [0.29, 0.717) is 17.8 Å². The number of amides is 3. The maximum absolute atomic E-state index is 13.0. The lowest BCUT2D eigenvalue weighted by atomic mass is 10.1. The Bertz CT molecular complexity index is 955. The fourth-order valence-corrected chi connectivity index (χ4v) is 4.94. The van der Waals surface area contributed by atoms with Crippen LogP contribution in [0.1, 0.15) is 21.6 Å². The molecule has 0 radical (unpaired) electrons. The highest BCUT2D eigenvalue weighted by atomic mass is 32.2. The molecule has 4 rings (SSSR count). The van der Waals surface area contributed by atoms with Crippen molar-refractivity contribution in [3.8, 4) is 0 Å². The predicted molar refractivity (Wildman–Crippen MR) is 121 cm³/mol. The number of hydrogen-bond donors (Lipinski definition) is 1. The number of benzene rings is 1. The quantitative estimate of drug-likeness (QED) is 0.800. The van der Waals surface area contributed by atoms with E-state index in [9.17, 15) is 9.59 Å². The lowest BCUT2D eigenvalue weighted by Crippen LogP contribution is -2.47. The molecule has 30 heavy (non-hydrogen) atoms. The number of carbonyl (C=O) groups excluding carboxylic acids is 2. The van der Waals surface area contributed by atoms with E-state index in [-0.39, 0.29) is 11.9 Å². The molecule has 0 atom stereocenters. The molecule has 1 N–H and O–H groups in total. The maximum atomic E-state index is 13.0. The number of aryl methyl sites for hydroxylation is 2. The zero-order valence-corrected chi connectivity index (χ0v) is 18.5. The van der Waals surface area contributed by atoms with Gasteiger partial charge in [-0.2, -0.15) is 0 Å². The van der Waals surface area contributed by atoms with Gasteiger partial charge in [0.25, 0.3) is 5.91 Å². The first kappa shape index (κ1) is 20.7. The van der Waals surface area contributed by atoms with E-state index >= 15 is 0 Å². The van der Waals surface area contributed by atoms with Gasteiger partial charge in [0, 0.05) is 55.4 Å². The van der Waals surface area contributed by atoms with Crippen LogP contribution in [0.2, 0.25) is 0 Å². The second-order valence-electron chi connectivity index (χ2n) is 7.84. The van der Waals surface area contributed by atoms with Gasteiger partial charge < -0.3 is 15.1 Å². The van der Waals surface area contributed by atoms with Crippen molar-refractivity contribution in [2.75, 3.05) is 55.7 Å². The van der Waals surface area contributed by atoms with Gasteiger partial charge in [-0.3, -0.25) is 9.69 Å². The summed E-state index contributed by atoms with van der Waals surface area (Å²) in [6, 6.07) is 8.98. The van der Waals surface area contributed by atoms with Gasteiger partial charge in [-0.1, -0.05) is 0 Å². The summed E-state index contributed by atoms with van der Waals surface area (Å²) >= 11 is 1.69. The number of aromatic nitrogens is 1. The largest absolute Gasteiger partial charge is 0.336 e. The molecule has 3 heterocycles. The number of nitrogens with zero attached hydrogens (tertiary/aromatic N) is 4. The van der Waals surface area contributed by atoms with Gasteiger partial charge in [-0.25, -0.2) is 9.78 Å². The van der Waals surface area contributed by atoms with Crippen LogP contribution in [0, 0.1) is 13.8 Å². The van der Waals surface area contributed by atoms with E-state index in [2.05, 4.69) is 22.2 Å². The molecule has 2 aliphatic rings. The normalized spacial score (nSPS) is 16.9. The Balaban J connectivity index is 1.44. The number of carbonyl (C=O) groups is 2. The molecule has 2 aliphatic heterocycles. The number of nitrogens with one attached hydrogen (secondary N) is 1. The Morgan fingerprint density at radius 3 is 2.43 bits per heavy atom. The lowest BCUT2D eigenvalue weighted by molar-refractivity contribution is 0.0664. The van der Waals surface area contributed by atoms with E-state index < -0.39 is 0 Å². The summed E-state index contributed by atoms with van der Waals surface area (Å²) in [6.07, 6.45) is 0. The van der Waals surface area contributed by atoms with E-state index in [1.165, 1.54) is 0 Å². The van der Waals surface area contributed by atoms with Crippen LogP contribution in [0.3, 0.4) is 0 Å². The Hall–Kier alpha value is -2.58. The van der Waals surface area contributed by atoms with E-state index in [4.69, 9.17) is 0 Å². The van der Waals surface area contributed by atoms with Crippen molar-refractivity contribution in [3.05, 3.63) is 47.2 Å². The van der Waals surface area contributed by atoms with Crippen LogP contribution < -0.4 is 10.2 Å². The van der Waals surface area contributed by atoms with Gasteiger partial charge in [-0.05, 0) is 56.8 Å². The molecule has 0 unspecified atom stereocenters. The minimum Gasteiger partial charge on any atom is -0.336 e. The number of likely N-dealkylation sites (N-methyl/N-ethyl adjacent to an activating group) is 1. The fraction of sp³-hybridized carbons (Fsp3) is 0.409. The molecule has 1 aromatic heterocycles. The van der Waals surface area contributed by atoms with Crippen molar-refractivity contribution < 1.29 is 9.59 Å². The molecule has 3 amide bonds. The topological polar surface area (TPSA) is 68.8 Å². The molecule has 7 nitrogen and oxygen atoms in total. The number of anilines is 2. The summed E-state index contributed by atoms with van der Waals surface area (Å²) in [7, 11) is 2.07. The summed E-state index contributed by atoms with van der Waals surface area (Å²) < 4.78 is 0. The van der Waals surface area contributed by atoms with Gasteiger partial charge in [0.15, 0.2) is 0 Å². The molecule has 0 aliphatic carbocycles. The zero-order chi connectivity index (χ0) is 21.3. The summed E-state index contributed by atoms with van der Waals surface area (Å²) in [6.45, 7) is 7.89. The van der Waals surface area contributed by atoms with Crippen LogP contribution in [0.25, 0.3) is 0 Å². The van der Waals surface area contributed by atoms with Crippen molar-refractivity contribution in [2.24, 2.45) is 0 Å². The molecule has 0 bridgehead atoms. The number of thioether (sulfide) groups is 1. The van der Waals surface area contributed by atoms with Crippen molar-refractivity contribution in [3.63, 3.8) is 0 Å². The minimum absolute atomic E-state index is 0.0417. The molecule has 1 saturated heterocycles. The first-order valence-corrected chi connectivity index (χ1v) is 11.2. The van der Waals surface area contributed by atoms with E-state index in [0.717, 1.165) is 53.9 Å². The van der Waals surface area contributed by atoms with Gasteiger partial charge in [0.05, 0.1) is 5.69 Å². The third-order valence-electron chi connectivity index (χ3n) is 5.52. The Morgan fingerprint density at radius 2 is 1.73 bits per heavy atom. The second kappa shape index (κ2) is 8.65. The second-order valence-corrected chi connectivity index (χ2v) is 8.92. The van der Waals surface area contributed by atoms with Crippen LogP contribution in [0.5, 0.6) is 0 Å². The molecule has 1 aromatic carbocycles. The monoisotopic (exact) mass is 425 g/mol. The van der Waals surface area contributed by atoms with Gasteiger partial charge >= 0.3 is 6.03 Å². The summed E-state index contributed by atoms with van der Waals surface area (Å²) in [5.74, 6) is 0.856. The molecule has 1 fully saturated rings. The summed E-state index contributed by atoms with van der Waals surface area (Å²) in [5.41, 5.74) is 4.21. The standard InChI is InChI=1S/C22H27N5O2S/c1-15-14-16(2)23-20-19(15)27(12-13-30-20)22(29)24-18-6-4-17(5-7-18)21(28)26-10-8-25(3)9-11-26/h4-7,14H,8-13H2,1-3H3,(H,24,29). The first-order valence-electron chi connectivity index (χ1n) is 10.2. The SMILES string of the molecule is Cc1cc(C)c2c(n1)SCCN2C(=O)Nc1ccc(C(=O)N2CCN(C)CC2)cc1. The number of rotatable bonds is 2. The molecule has 0 spiro atoms. The third kappa shape index (κ3) is 4.29. The van der Waals surface area contributed by atoms with E-state index in [1.54, 1.807) is 40.9 Å². The predicted octanol–water partition coefficient (Wildman–Crippen LogP) is 3.23. The lowest BCUT2D eigenvalue weighted by Gasteiger charge is -2.32. The minimum atomic E-state index is -0.177. The average molecular weight is 426 g/mol. The van der Waals surface area contributed by atoms with Gasteiger partial charge in [0.1, 0.15) is 5.03 Å². The van der Waals surface area contributed by atoms with Crippen LogP contribution in [0.4, 0.5) is 16.2 Å². The van der Waals surface area contributed by atoms with Crippen molar-refractivity contribution in [2.45, 2.75) is 18.9 Å². The highest BCUT2D eigenvalue weighted by molar-refractivity contribution is 7.99. The third-order valence-corrected chi connectivity index (χ3v) is 6.47. The van der Waals surface area contributed by atoms with Gasteiger partial charge in [-0.15, -0.1) is 11.8 Å². The van der Waals surface area contributed by atoms with Crippen LogP contribution in [-0.2, 0) is 0 Å². The van der Waals surface area contributed by atoms with Crippen LogP contribution in [-0.4, -0.2) is 72.2 Å². The van der Waals surface area contributed by atoms with Gasteiger partial charge in [0.2, 0.25) is 0 Å². The first-order chi connectivity index (χ1) is 14.4. The highest BCUT2D eigenvalue weighted by Gasteiger charge is 2.26. The molecule has 2 aromatic rings. The van der Waals surface area contributed by atoms with Crippen LogP contribution in [0.15, 0.2) is 35.4 Å². The molecular weight excluding hydrogens is 398 g/mol. The van der Waals surface area contributed by atoms with E-state index in [1.807, 2.05) is 24.8 Å². The molecule has 8 heteroatoms. The van der Waals surface area contributed by atoms with Crippen LogP contribution >= 0.6 is 11.8 Å².